The van der Waals surface area contributed by atoms with E-state index in [0.29, 0.717) is 6.42 Å². The molecule has 3 N–H and O–H groups in total. The van der Waals surface area contributed by atoms with Crippen LogP contribution < -0.4 is 10.8 Å². The van der Waals surface area contributed by atoms with E-state index in [1.165, 1.54) is 11.1 Å². The Bertz CT molecular complexity index is 1010. The maximum Gasteiger partial charge on any atom is 0.407 e. The summed E-state index contributed by atoms with van der Waals surface area (Å²) in [5, 5.41) is 11.9. The van der Waals surface area contributed by atoms with Gasteiger partial charge in [-0.25, -0.2) is 15.1 Å². The third kappa shape index (κ3) is 5.56. The van der Waals surface area contributed by atoms with E-state index in [4.69, 9.17) is 14.7 Å². The lowest BCUT2D eigenvalue weighted by Crippen LogP contribution is -2.38. The fraction of sp³-hybridized carbons (Fsp3) is 0.423. The zero-order chi connectivity index (χ0) is 24.1. The average molecular weight is 467 g/mol. The smallest absolute Gasteiger partial charge is 0.407 e. The summed E-state index contributed by atoms with van der Waals surface area (Å²) in [7, 11) is 0. The van der Waals surface area contributed by atoms with Gasteiger partial charge in [-0.2, -0.15) is 0 Å². The van der Waals surface area contributed by atoms with Crippen molar-refractivity contribution in [2.75, 3.05) is 13.2 Å². The SMILES string of the molecule is CCC(CNC(=O)OCC1c2ccccc2-c2ccccc21)CC(=O)NOC(C(=O)O)C1CC1. The van der Waals surface area contributed by atoms with Gasteiger partial charge in [0.1, 0.15) is 6.61 Å². The Balaban J connectivity index is 1.23. The minimum absolute atomic E-state index is 0.0169. The van der Waals surface area contributed by atoms with Crippen molar-refractivity contribution >= 4 is 18.0 Å². The van der Waals surface area contributed by atoms with Gasteiger partial charge in [-0.05, 0) is 46.9 Å². The number of carboxylic acids is 1. The zero-order valence-electron chi connectivity index (χ0n) is 19.2. The first kappa shape index (κ1) is 23.8. The van der Waals surface area contributed by atoms with Crippen LogP contribution in [0.25, 0.3) is 11.1 Å². The lowest BCUT2D eigenvalue weighted by molar-refractivity contribution is -0.162. The third-order valence-electron chi connectivity index (χ3n) is 6.52. The van der Waals surface area contributed by atoms with E-state index in [1.807, 2.05) is 31.2 Å². The van der Waals surface area contributed by atoms with E-state index in [9.17, 15) is 14.4 Å². The molecule has 2 aliphatic carbocycles. The second-order valence-electron chi connectivity index (χ2n) is 8.92. The van der Waals surface area contributed by atoms with Crippen molar-refractivity contribution in [3.8, 4) is 11.1 Å². The second-order valence-corrected chi connectivity index (χ2v) is 8.92. The highest BCUT2D eigenvalue weighted by atomic mass is 16.7. The molecule has 0 aliphatic heterocycles. The largest absolute Gasteiger partial charge is 0.479 e. The molecule has 2 aromatic rings. The summed E-state index contributed by atoms with van der Waals surface area (Å²) in [5.74, 6) is -1.68. The van der Waals surface area contributed by atoms with E-state index >= 15 is 0 Å². The van der Waals surface area contributed by atoms with Gasteiger partial charge in [0.25, 0.3) is 0 Å². The number of carbonyl (C=O) groups excluding carboxylic acids is 2. The first-order valence-corrected chi connectivity index (χ1v) is 11.7. The number of amides is 2. The standard InChI is InChI=1S/C26H30N2O6/c1-2-16(13-23(29)28-34-24(25(30)31)17-11-12-17)14-27-26(32)33-15-22-20-9-5-3-7-18(20)19-8-4-6-10-21(19)22/h3-10,16-17,22,24H,2,11-15H2,1H3,(H,27,32)(H,28,29)(H,30,31). The molecule has 4 rings (SSSR count). The van der Waals surface area contributed by atoms with Gasteiger partial charge in [-0.15, -0.1) is 0 Å². The van der Waals surface area contributed by atoms with Crippen LogP contribution in [0.5, 0.6) is 0 Å². The van der Waals surface area contributed by atoms with Crippen LogP contribution >= 0.6 is 0 Å². The Morgan fingerprint density at radius 2 is 1.65 bits per heavy atom. The molecule has 8 nitrogen and oxygen atoms in total. The van der Waals surface area contributed by atoms with Crippen LogP contribution in [-0.4, -0.2) is 42.3 Å². The molecule has 0 bridgehead atoms. The third-order valence-corrected chi connectivity index (χ3v) is 6.52. The van der Waals surface area contributed by atoms with Crippen molar-refractivity contribution in [2.45, 2.75) is 44.6 Å². The normalized spacial score (nSPS) is 16.1. The zero-order valence-corrected chi connectivity index (χ0v) is 19.2. The van der Waals surface area contributed by atoms with Crippen LogP contribution in [0.1, 0.15) is 49.7 Å². The van der Waals surface area contributed by atoms with Crippen molar-refractivity contribution in [3.05, 3.63) is 59.7 Å². The summed E-state index contributed by atoms with van der Waals surface area (Å²) in [6, 6.07) is 16.3. The van der Waals surface area contributed by atoms with Gasteiger partial charge in [0.2, 0.25) is 5.91 Å². The Hall–Kier alpha value is -3.39. The Labute approximate surface area is 198 Å². The van der Waals surface area contributed by atoms with Crippen molar-refractivity contribution < 1.29 is 29.1 Å². The Morgan fingerprint density at radius 1 is 1.03 bits per heavy atom. The highest BCUT2D eigenvalue weighted by Gasteiger charge is 2.38. The number of fused-ring (bicyclic) bond motifs is 3. The molecule has 8 heteroatoms. The summed E-state index contributed by atoms with van der Waals surface area (Å²) >= 11 is 0. The van der Waals surface area contributed by atoms with Gasteiger partial charge in [0, 0.05) is 18.9 Å². The molecule has 0 aromatic heterocycles. The van der Waals surface area contributed by atoms with Gasteiger partial charge in [-0.1, -0.05) is 61.9 Å². The van der Waals surface area contributed by atoms with E-state index in [0.717, 1.165) is 24.0 Å². The maximum absolute atomic E-state index is 12.4. The molecule has 2 atom stereocenters. The molecule has 180 valence electrons. The molecule has 2 unspecified atom stereocenters. The van der Waals surface area contributed by atoms with E-state index in [-0.39, 0.29) is 37.3 Å². The predicted octanol–water partition coefficient (Wildman–Crippen LogP) is 3.85. The monoisotopic (exact) mass is 466 g/mol. The predicted molar refractivity (Wildman–Crippen MR) is 125 cm³/mol. The number of carboxylic acid groups (broad SMARTS) is 1. The molecule has 0 saturated heterocycles. The summed E-state index contributed by atoms with van der Waals surface area (Å²) in [6.45, 7) is 2.41. The first-order chi connectivity index (χ1) is 16.5. The number of benzene rings is 2. The average Bonchev–Trinajstić information content (AvgIpc) is 3.62. The topological polar surface area (TPSA) is 114 Å². The van der Waals surface area contributed by atoms with E-state index in [2.05, 4.69) is 35.1 Å². The summed E-state index contributed by atoms with van der Waals surface area (Å²) in [6.07, 6.45) is 0.793. The van der Waals surface area contributed by atoms with Gasteiger partial charge in [-0.3, -0.25) is 9.63 Å². The number of rotatable bonds is 11. The van der Waals surface area contributed by atoms with E-state index < -0.39 is 24.1 Å². The number of ether oxygens (including phenoxy) is 1. The molecular formula is C26H30N2O6. The summed E-state index contributed by atoms with van der Waals surface area (Å²) in [4.78, 5) is 40.9. The number of aliphatic carboxylic acids is 1. The van der Waals surface area contributed by atoms with Crippen LogP contribution in [-0.2, 0) is 19.2 Å². The fourth-order valence-corrected chi connectivity index (χ4v) is 4.42. The minimum Gasteiger partial charge on any atom is -0.479 e. The molecule has 1 fully saturated rings. The number of hydrogen-bond acceptors (Lipinski definition) is 5. The molecule has 0 radical (unpaired) electrons. The highest BCUT2D eigenvalue weighted by molar-refractivity contribution is 5.79. The fourth-order valence-electron chi connectivity index (χ4n) is 4.42. The quantitative estimate of drug-likeness (QED) is 0.434. The molecule has 2 aromatic carbocycles. The molecule has 0 spiro atoms. The van der Waals surface area contributed by atoms with Crippen LogP contribution in [0.2, 0.25) is 0 Å². The molecule has 2 aliphatic rings. The lowest BCUT2D eigenvalue weighted by atomic mass is 9.98. The second kappa shape index (κ2) is 10.7. The Morgan fingerprint density at radius 3 is 2.21 bits per heavy atom. The molecule has 1 saturated carbocycles. The molecule has 0 heterocycles. The van der Waals surface area contributed by atoms with Gasteiger partial charge in [0.15, 0.2) is 6.10 Å². The number of carbonyl (C=O) groups is 3. The highest BCUT2D eigenvalue weighted by Crippen LogP contribution is 2.44. The van der Waals surface area contributed by atoms with Crippen molar-refractivity contribution in [2.24, 2.45) is 11.8 Å². The summed E-state index contributed by atoms with van der Waals surface area (Å²) in [5.41, 5.74) is 6.87. The lowest BCUT2D eigenvalue weighted by Gasteiger charge is -2.18. The first-order valence-electron chi connectivity index (χ1n) is 11.7. The maximum atomic E-state index is 12.4. The van der Waals surface area contributed by atoms with Gasteiger partial charge >= 0.3 is 12.1 Å². The molecule has 2 amide bonds. The number of alkyl carbamates (subject to hydrolysis) is 1. The number of hydrogen-bond donors (Lipinski definition) is 3. The van der Waals surface area contributed by atoms with Crippen molar-refractivity contribution in [1.82, 2.24) is 10.8 Å². The molecule has 34 heavy (non-hydrogen) atoms. The van der Waals surface area contributed by atoms with Crippen LogP contribution in [0.15, 0.2) is 48.5 Å². The molecular weight excluding hydrogens is 436 g/mol. The minimum atomic E-state index is -1.08. The van der Waals surface area contributed by atoms with Gasteiger partial charge < -0.3 is 15.2 Å². The van der Waals surface area contributed by atoms with Crippen molar-refractivity contribution in [3.63, 3.8) is 0 Å². The van der Waals surface area contributed by atoms with Crippen LogP contribution in [0.3, 0.4) is 0 Å². The van der Waals surface area contributed by atoms with Crippen LogP contribution in [0, 0.1) is 11.8 Å². The van der Waals surface area contributed by atoms with Crippen LogP contribution in [0.4, 0.5) is 4.79 Å². The Kier molecular flexibility index (Phi) is 7.47. The summed E-state index contributed by atoms with van der Waals surface area (Å²) < 4.78 is 5.54. The van der Waals surface area contributed by atoms with Gasteiger partial charge in [0.05, 0.1) is 0 Å². The number of hydroxylamine groups is 1. The van der Waals surface area contributed by atoms with E-state index in [1.54, 1.807) is 0 Å². The number of nitrogens with one attached hydrogen (secondary N) is 2. The van der Waals surface area contributed by atoms with Crippen molar-refractivity contribution in [1.29, 1.82) is 0 Å².